The predicted octanol–water partition coefficient (Wildman–Crippen LogP) is 2.55. The highest BCUT2D eigenvalue weighted by Gasteiger charge is 2.28. The third-order valence-corrected chi connectivity index (χ3v) is 3.89. The Bertz CT molecular complexity index is 422. The fourth-order valence-electron chi connectivity index (χ4n) is 2.53. The van der Waals surface area contributed by atoms with Gasteiger partial charge in [-0.2, -0.15) is 0 Å². The van der Waals surface area contributed by atoms with Crippen LogP contribution >= 0.6 is 11.6 Å². The summed E-state index contributed by atoms with van der Waals surface area (Å²) in [5, 5.41) is 0.378. The number of nitrogens with zero attached hydrogens (tertiary/aromatic N) is 2. The maximum absolute atomic E-state index is 6.01. The molecule has 0 aliphatic heterocycles. The van der Waals surface area contributed by atoms with Gasteiger partial charge in [0.05, 0.1) is 14.2 Å². The van der Waals surface area contributed by atoms with Crippen LogP contribution < -0.4 is 9.47 Å². The molecule has 0 aromatic carbocycles. The molecule has 0 amide bonds. The molecule has 0 radical (unpaired) electrons. The van der Waals surface area contributed by atoms with Gasteiger partial charge in [0, 0.05) is 30.7 Å². The predicted molar refractivity (Wildman–Crippen MR) is 76.0 cm³/mol. The summed E-state index contributed by atoms with van der Waals surface area (Å²) in [7, 11) is 5.38. The number of hydrogen-bond acceptors (Lipinski definition) is 4. The lowest BCUT2D eigenvalue weighted by molar-refractivity contribution is 0.200. The Morgan fingerprint density at radius 1 is 1.37 bits per heavy atom. The van der Waals surface area contributed by atoms with Crippen LogP contribution in [0.4, 0.5) is 0 Å². The first-order valence-electron chi connectivity index (χ1n) is 6.52. The lowest BCUT2D eigenvalue weighted by atomic mass is 9.84. The molecule has 1 heterocycles. The molecule has 1 aliphatic carbocycles. The number of ether oxygens (including phenoxy) is 2. The smallest absolute Gasteiger partial charge is 0.183 e. The number of halogens is 1. The molecule has 106 valence electrons. The zero-order valence-corrected chi connectivity index (χ0v) is 12.5. The van der Waals surface area contributed by atoms with Gasteiger partial charge in [-0.25, -0.2) is 0 Å². The molecule has 1 aromatic rings. The maximum Gasteiger partial charge on any atom is 0.183 e. The van der Waals surface area contributed by atoms with Crippen LogP contribution in [0.1, 0.15) is 18.5 Å². The lowest BCUT2D eigenvalue weighted by Crippen LogP contribution is -2.34. The van der Waals surface area contributed by atoms with E-state index in [-0.39, 0.29) is 0 Å². The summed E-state index contributed by atoms with van der Waals surface area (Å²) < 4.78 is 10.7. The molecule has 1 aliphatic rings. The van der Waals surface area contributed by atoms with Crippen LogP contribution in [0.2, 0.25) is 0 Å². The number of pyridine rings is 1. The normalized spacial score (nSPS) is 22.2. The first-order valence-corrected chi connectivity index (χ1v) is 6.96. The van der Waals surface area contributed by atoms with Gasteiger partial charge in [-0.1, -0.05) is 0 Å². The van der Waals surface area contributed by atoms with Gasteiger partial charge in [0.2, 0.25) is 0 Å². The van der Waals surface area contributed by atoms with Crippen LogP contribution in [0.25, 0.3) is 0 Å². The van der Waals surface area contributed by atoms with Crippen LogP contribution in [0.5, 0.6) is 11.5 Å². The van der Waals surface area contributed by atoms with Crippen LogP contribution in [-0.2, 0) is 6.54 Å². The van der Waals surface area contributed by atoms with Crippen molar-refractivity contribution in [2.45, 2.75) is 24.8 Å². The minimum atomic E-state index is 0.378. The van der Waals surface area contributed by atoms with E-state index in [9.17, 15) is 0 Å². The molecule has 0 bridgehead atoms. The number of hydrogen-bond donors (Lipinski definition) is 0. The number of methoxy groups -OCH3 is 2. The first-order chi connectivity index (χ1) is 9.13. The second-order valence-electron chi connectivity index (χ2n) is 5.12. The molecule has 0 unspecified atom stereocenters. The Labute approximate surface area is 119 Å². The van der Waals surface area contributed by atoms with Crippen molar-refractivity contribution in [3.8, 4) is 11.5 Å². The van der Waals surface area contributed by atoms with Crippen LogP contribution in [0.3, 0.4) is 0 Å². The van der Waals surface area contributed by atoms with E-state index in [0.29, 0.717) is 11.3 Å². The van der Waals surface area contributed by atoms with Gasteiger partial charge in [-0.05, 0) is 25.8 Å². The fourth-order valence-corrected chi connectivity index (χ4v) is 3.03. The molecular weight excluding hydrogens is 264 g/mol. The summed E-state index contributed by atoms with van der Waals surface area (Å²) in [5.41, 5.74) is 0.908. The summed E-state index contributed by atoms with van der Waals surface area (Å²) in [5.74, 6) is 2.16. The summed E-state index contributed by atoms with van der Waals surface area (Å²) in [6, 6.07) is 1.81. The summed E-state index contributed by atoms with van der Waals surface area (Å²) in [6.07, 6.45) is 3.99. The van der Waals surface area contributed by atoms with Gasteiger partial charge in [-0.3, -0.25) is 4.98 Å². The zero-order chi connectivity index (χ0) is 13.8. The van der Waals surface area contributed by atoms with E-state index in [1.807, 2.05) is 6.07 Å². The van der Waals surface area contributed by atoms with E-state index in [0.717, 1.165) is 43.1 Å². The average molecular weight is 285 g/mol. The van der Waals surface area contributed by atoms with E-state index in [4.69, 9.17) is 21.1 Å². The molecule has 5 heteroatoms. The van der Waals surface area contributed by atoms with E-state index >= 15 is 0 Å². The molecule has 0 N–H and O–H groups in total. The first kappa shape index (κ1) is 14.4. The zero-order valence-electron chi connectivity index (χ0n) is 11.7. The highest BCUT2D eigenvalue weighted by atomic mass is 35.5. The molecule has 0 spiro atoms. The summed E-state index contributed by atoms with van der Waals surface area (Å²) in [4.78, 5) is 6.65. The minimum absolute atomic E-state index is 0.378. The number of alkyl halides is 1. The van der Waals surface area contributed by atoms with E-state index in [1.165, 1.54) is 0 Å². The van der Waals surface area contributed by atoms with Crippen LogP contribution in [-0.4, -0.2) is 43.1 Å². The molecule has 19 heavy (non-hydrogen) atoms. The molecule has 1 fully saturated rings. The van der Waals surface area contributed by atoms with Crippen molar-refractivity contribution >= 4 is 11.6 Å². The van der Waals surface area contributed by atoms with Crippen molar-refractivity contribution in [1.82, 2.24) is 9.88 Å². The quantitative estimate of drug-likeness (QED) is 0.752. The Kier molecular flexibility index (Phi) is 4.88. The van der Waals surface area contributed by atoms with Gasteiger partial charge in [0.1, 0.15) is 5.69 Å². The molecule has 1 aromatic heterocycles. The van der Waals surface area contributed by atoms with Gasteiger partial charge in [0.15, 0.2) is 11.5 Å². The lowest BCUT2D eigenvalue weighted by Gasteiger charge is -2.34. The second-order valence-corrected chi connectivity index (χ2v) is 5.74. The Morgan fingerprint density at radius 2 is 2.11 bits per heavy atom. The second kappa shape index (κ2) is 6.44. The monoisotopic (exact) mass is 284 g/mol. The maximum atomic E-state index is 6.01. The fraction of sp³-hybridized carbons (Fsp3) is 0.643. The topological polar surface area (TPSA) is 34.6 Å². The van der Waals surface area contributed by atoms with Crippen molar-refractivity contribution in [3.63, 3.8) is 0 Å². The molecular formula is C14H21ClN2O2. The third kappa shape index (κ3) is 3.51. The van der Waals surface area contributed by atoms with Crippen molar-refractivity contribution in [2.24, 2.45) is 5.92 Å². The molecule has 4 nitrogen and oxygen atoms in total. The van der Waals surface area contributed by atoms with Gasteiger partial charge < -0.3 is 14.4 Å². The number of rotatable bonds is 6. The summed E-state index contributed by atoms with van der Waals surface area (Å²) in [6.45, 7) is 1.80. The minimum Gasteiger partial charge on any atom is -0.493 e. The van der Waals surface area contributed by atoms with Gasteiger partial charge >= 0.3 is 0 Å². The average Bonchev–Trinajstić information content (AvgIpc) is 2.36. The highest BCUT2D eigenvalue weighted by Crippen LogP contribution is 2.33. The van der Waals surface area contributed by atoms with Crippen molar-refractivity contribution in [1.29, 1.82) is 0 Å². The van der Waals surface area contributed by atoms with Crippen molar-refractivity contribution in [3.05, 3.63) is 18.0 Å². The molecule has 2 rings (SSSR count). The molecule has 0 saturated heterocycles. The van der Waals surface area contributed by atoms with E-state index < -0.39 is 0 Å². The summed E-state index contributed by atoms with van der Waals surface area (Å²) >= 11 is 6.01. The van der Waals surface area contributed by atoms with Crippen molar-refractivity contribution < 1.29 is 9.47 Å². The molecule has 1 saturated carbocycles. The van der Waals surface area contributed by atoms with Gasteiger partial charge in [-0.15, -0.1) is 11.6 Å². The Hall–Kier alpha value is -1.00. The third-order valence-electron chi connectivity index (χ3n) is 3.53. The van der Waals surface area contributed by atoms with E-state index in [1.54, 1.807) is 20.4 Å². The largest absolute Gasteiger partial charge is 0.493 e. The Morgan fingerprint density at radius 3 is 2.68 bits per heavy atom. The van der Waals surface area contributed by atoms with Gasteiger partial charge in [0.25, 0.3) is 0 Å². The van der Waals surface area contributed by atoms with Crippen LogP contribution in [0, 0.1) is 5.92 Å². The number of aromatic nitrogens is 1. The Balaban J connectivity index is 1.97. The van der Waals surface area contributed by atoms with Crippen molar-refractivity contribution in [2.75, 3.05) is 27.8 Å². The van der Waals surface area contributed by atoms with E-state index in [2.05, 4.69) is 16.9 Å². The van der Waals surface area contributed by atoms with Crippen LogP contribution in [0.15, 0.2) is 12.3 Å². The highest BCUT2D eigenvalue weighted by molar-refractivity contribution is 6.21. The standard InChI is InChI=1S/C14H21ClN2O2/c1-17(8-10-6-11(15)7-10)9-12-14(19-3)13(18-2)4-5-16-12/h4-5,10-11H,6-9H2,1-3H3. The molecule has 0 atom stereocenters. The SMILES string of the molecule is COc1ccnc(CN(C)CC2CC(Cl)C2)c1OC.